The van der Waals surface area contributed by atoms with Crippen LogP contribution in [0, 0.1) is 0 Å². The van der Waals surface area contributed by atoms with E-state index in [0.29, 0.717) is 0 Å². The lowest BCUT2D eigenvalue weighted by molar-refractivity contribution is 0.425. The van der Waals surface area contributed by atoms with Gasteiger partial charge in [-0.05, 0) is 31.2 Å². The van der Waals surface area contributed by atoms with Gasteiger partial charge in [0.15, 0.2) is 0 Å². The van der Waals surface area contributed by atoms with Gasteiger partial charge in [0.25, 0.3) is 0 Å². The van der Waals surface area contributed by atoms with Crippen molar-refractivity contribution in [2.45, 2.75) is 18.9 Å². The molecule has 0 amide bonds. The van der Waals surface area contributed by atoms with Crippen molar-refractivity contribution in [3.05, 3.63) is 30.3 Å². The molecule has 1 heterocycles. The number of para-hydroxylation sites is 1. The average molecular weight is 250 g/mol. The van der Waals surface area contributed by atoms with Crippen molar-refractivity contribution in [1.82, 2.24) is 5.32 Å². The molecule has 1 aromatic carbocycles. The Morgan fingerprint density at radius 1 is 1.24 bits per heavy atom. The molecule has 0 atom stereocenters. The van der Waals surface area contributed by atoms with Gasteiger partial charge in [0.1, 0.15) is 0 Å². The van der Waals surface area contributed by atoms with Crippen LogP contribution >= 0.6 is 11.8 Å². The number of hydrogen-bond acceptors (Lipinski definition) is 3. The van der Waals surface area contributed by atoms with E-state index >= 15 is 0 Å². The molecule has 17 heavy (non-hydrogen) atoms. The molecule has 0 radical (unpaired) electrons. The van der Waals surface area contributed by atoms with E-state index in [0.717, 1.165) is 12.6 Å². The molecule has 0 spiro atoms. The molecule has 0 aromatic heterocycles. The second kappa shape index (κ2) is 6.92. The number of rotatable bonds is 5. The predicted octanol–water partition coefficient (Wildman–Crippen LogP) is 2.61. The number of anilines is 1. The maximum atomic E-state index is 3.65. The van der Waals surface area contributed by atoms with E-state index in [1.807, 2.05) is 11.8 Å². The summed E-state index contributed by atoms with van der Waals surface area (Å²) in [5.74, 6) is 1.22. The molecule has 1 aliphatic rings. The first-order chi connectivity index (χ1) is 8.40. The minimum atomic E-state index is 0.724. The van der Waals surface area contributed by atoms with Gasteiger partial charge in [0, 0.05) is 37.1 Å². The Morgan fingerprint density at radius 2 is 1.94 bits per heavy atom. The SMILES string of the molecule is CSCCNC1CCN(c2ccccc2)CC1. The van der Waals surface area contributed by atoms with Crippen molar-refractivity contribution >= 4 is 17.4 Å². The summed E-state index contributed by atoms with van der Waals surface area (Å²) in [7, 11) is 0. The van der Waals surface area contributed by atoms with Gasteiger partial charge >= 0.3 is 0 Å². The smallest absolute Gasteiger partial charge is 0.0366 e. The third-order valence-corrected chi connectivity index (χ3v) is 3.97. The zero-order valence-electron chi connectivity index (χ0n) is 10.6. The number of benzene rings is 1. The molecule has 1 N–H and O–H groups in total. The van der Waals surface area contributed by atoms with Gasteiger partial charge < -0.3 is 10.2 Å². The van der Waals surface area contributed by atoms with Gasteiger partial charge in [-0.1, -0.05) is 18.2 Å². The van der Waals surface area contributed by atoms with Crippen molar-refractivity contribution in [3.63, 3.8) is 0 Å². The maximum Gasteiger partial charge on any atom is 0.0366 e. The largest absolute Gasteiger partial charge is 0.371 e. The van der Waals surface area contributed by atoms with Gasteiger partial charge in [-0.3, -0.25) is 0 Å². The Balaban J connectivity index is 1.74. The molecular formula is C14H22N2S. The highest BCUT2D eigenvalue weighted by atomic mass is 32.2. The van der Waals surface area contributed by atoms with E-state index < -0.39 is 0 Å². The van der Waals surface area contributed by atoms with Crippen molar-refractivity contribution in [1.29, 1.82) is 0 Å². The Kier molecular flexibility index (Phi) is 5.20. The summed E-state index contributed by atoms with van der Waals surface area (Å²) in [4.78, 5) is 2.49. The number of piperidine rings is 1. The van der Waals surface area contributed by atoms with Crippen LogP contribution in [0.3, 0.4) is 0 Å². The molecule has 1 aromatic rings. The first-order valence-electron chi connectivity index (χ1n) is 6.42. The Labute approximate surface area is 109 Å². The van der Waals surface area contributed by atoms with Crippen LogP contribution in [0.5, 0.6) is 0 Å². The Morgan fingerprint density at radius 3 is 2.59 bits per heavy atom. The minimum Gasteiger partial charge on any atom is -0.371 e. The molecular weight excluding hydrogens is 228 g/mol. The Hall–Kier alpha value is -0.670. The fraction of sp³-hybridized carbons (Fsp3) is 0.571. The molecule has 94 valence electrons. The van der Waals surface area contributed by atoms with Crippen molar-refractivity contribution in [2.24, 2.45) is 0 Å². The van der Waals surface area contributed by atoms with Crippen molar-refractivity contribution in [2.75, 3.05) is 36.5 Å². The first-order valence-corrected chi connectivity index (χ1v) is 7.82. The maximum absolute atomic E-state index is 3.65. The third kappa shape index (κ3) is 3.93. The van der Waals surface area contributed by atoms with Gasteiger partial charge in [0.05, 0.1) is 0 Å². The summed E-state index contributed by atoms with van der Waals surface area (Å²) in [5, 5.41) is 3.65. The number of nitrogens with one attached hydrogen (secondary N) is 1. The lowest BCUT2D eigenvalue weighted by atomic mass is 10.0. The zero-order chi connectivity index (χ0) is 11.9. The van der Waals surface area contributed by atoms with Gasteiger partial charge in [-0.2, -0.15) is 11.8 Å². The van der Waals surface area contributed by atoms with E-state index in [-0.39, 0.29) is 0 Å². The molecule has 1 saturated heterocycles. The number of nitrogens with zero attached hydrogens (tertiary/aromatic N) is 1. The number of hydrogen-bond donors (Lipinski definition) is 1. The third-order valence-electron chi connectivity index (χ3n) is 3.36. The summed E-state index contributed by atoms with van der Waals surface area (Å²) < 4.78 is 0. The fourth-order valence-electron chi connectivity index (χ4n) is 2.35. The molecule has 3 heteroatoms. The van der Waals surface area contributed by atoms with Gasteiger partial charge in [-0.25, -0.2) is 0 Å². The summed E-state index contributed by atoms with van der Waals surface area (Å²) in [6.07, 6.45) is 4.70. The summed E-state index contributed by atoms with van der Waals surface area (Å²) in [6, 6.07) is 11.5. The highest BCUT2D eigenvalue weighted by Gasteiger charge is 2.18. The molecule has 0 unspecified atom stereocenters. The van der Waals surface area contributed by atoms with Gasteiger partial charge in [0.2, 0.25) is 0 Å². The topological polar surface area (TPSA) is 15.3 Å². The molecule has 0 saturated carbocycles. The lowest BCUT2D eigenvalue weighted by Gasteiger charge is -2.34. The zero-order valence-corrected chi connectivity index (χ0v) is 11.4. The van der Waals surface area contributed by atoms with Crippen LogP contribution in [0.15, 0.2) is 30.3 Å². The lowest BCUT2D eigenvalue weighted by Crippen LogP contribution is -2.43. The quantitative estimate of drug-likeness (QED) is 0.809. The van der Waals surface area contributed by atoms with E-state index in [4.69, 9.17) is 0 Å². The molecule has 0 bridgehead atoms. The van der Waals surface area contributed by atoms with E-state index in [2.05, 4.69) is 46.8 Å². The summed E-state index contributed by atoms with van der Waals surface area (Å²) >= 11 is 1.91. The van der Waals surface area contributed by atoms with E-state index in [1.165, 1.54) is 37.4 Å². The second-order valence-corrected chi connectivity index (χ2v) is 5.53. The minimum absolute atomic E-state index is 0.724. The normalized spacial score (nSPS) is 17.4. The fourth-order valence-corrected chi connectivity index (χ4v) is 2.67. The summed E-state index contributed by atoms with van der Waals surface area (Å²) in [6.45, 7) is 3.51. The molecule has 2 nitrogen and oxygen atoms in total. The van der Waals surface area contributed by atoms with Crippen LogP contribution in [0.4, 0.5) is 5.69 Å². The van der Waals surface area contributed by atoms with Crippen molar-refractivity contribution in [3.8, 4) is 0 Å². The van der Waals surface area contributed by atoms with Crippen LogP contribution in [0.25, 0.3) is 0 Å². The predicted molar refractivity (Wildman–Crippen MR) is 78.1 cm³/mol. The monoisotopic (exact) mass is 250 g/mol. The van der Waals surface area contributed by atoms with Crippen LogP contribution in [0.1, 0.15) is 12.8 Å². The standard InChI is InChI=1S/C14H22N2S/c1-17-12-9-15-13-7-10-16(11-8-13)14-5-3-2-4-6-14/h2-6,13,15H,7-12H2,1H3. The average Bonchev–Trinajstić information content (AvgIpc) is 2.41. The molecule has 1 fully saturated rings. The van der Waals surface area contributed by atoms with Crippen LogP contribution in [-0.4, -0.2) is 37.7 Å². The van der Waals surface area contributed by atoms with Crippen LogP contribution < -0.4 is 10.2 Å². The number of thioether (sulfide) groups is 1. The van der Waals surface area contributed by atoms with Crippen molar-refractivity contribution < 1.29 is 0 Å². The molecule has 2 rings (SSSR count). The highest BCUT2D eigenvalue weighted by molar-refractivity contribution is 7.98. The van der Waals surface area contributed by atoms with Crippen LogP contribution in [-0.2, 0) is 0 Å². The summed E-state index contributed by atoms with van der Waals surface area (Å²) in [5.41, 5.74) is 1.37. The second-order valence-electron chi connectivity index (χ2n) is 4.54. The van der Waals surface area contributed by atoms with Crippen LogP contribution in [0.2, 0.25) is 0 Å². The Bertz CT molecular complexity index is 307. The molecule has 0 aliphatic carbocycles. The van der Waals surface area contributed by atoms with E-state index in [9.17, 15) is 0 Å². The molecule has 1 aliphatic heterocycles. The van der Waals surface area contributed by atoms with Gasteiger partial charge in [-0.15, -0.1) is 0 Å². The highest BCUT2D eigenvalue weighted by Crippen LogP contribution is 2.19. The first kappa shape index (κ1) is 12.8. The van der Waals surface area contributed by atoms with E-state index in [1.54, 1.807) is 0 Å².